The van der Waals surface area contributed by atoms with E-state index >= 15 is 0 Å². The summed E-state index contributed by atoms with van der Waals surface area (Å²) in [5, 5.41) is 13.9. The number of benzene rings is 2. The van der Waals surface area contributed by atoms with Crippen LogP contribution >= 0.6 is 0 Å². The molecule has 11 heteroatoms. The van der Waals surface area contributed by atoms with E-state index in [1.165, 1.54) is 40.8 Å². The van der Waals surface area contributed by atoms with Crippen LogP contribution in [0.15, 0.2) is 89.6 Å². The summed E-state index contributed by atoms with van der Waals surface area (Å²) in [6, 6.07) is 16.1. The van der Waals surface area contributed by atoms with Gasteiger partial charge in [0.25, 0.3) is 0 Å². The second kappa shape index (κ2) is 9.61. The van der Waals surface area contributed by atoms with Gasteiger partial charge in [-0.25, -0.2) is 22.3 Å². The van der Waals surface area contributed by atoms with E-state index in [1.807, 2.05) is 6.08 Å². The van der Waals surface area contributed by atoms with E-state index in [-0.39, 0.29) is 53.7 Å². The number of halogens is 1. The number of aromatic carboxylic acids is 1. The van der Waals surface area contributed by atoms with E-state index in [9.17, 15) is 27.5 Å². The lowest BCUT2D eigenvalue weighted by atomic mass is 9.65. The molecule has 0 spiro atoms. The Morgan fingerprint density at radius 2 is 1.82 bits per heavy atom. The maximum atomic E-state index is 14.2. The van der Waals surface area contributed by atoms with Gasteiger partial charge in [-0.05, 0) is 79.1 Å². The van der Waals surface area contributed by atoms with Crippen molar-refractivity contribution in [1.82, 2.24) is 19.1 Å². The molecule has 2 aliphatic rings. The first-order valence-electron chi connectivity index (χ1n) is 12.5. The fourth-order valence-electron chi connectivity index (χ4n) is 5.49. The molecule has 1 fully saturated rings. The Kier molecular flexibility index (Phi) is 6.20. The number of fused-ring (bicyclic) bond motifs is 2. The van der Waals surface area contributed by atoms with E-state index < -0.39 is 21.4 Å². The van der Waals surface area contributed by atoms with Crippen molar-refractivity contribution in [1.29, 1.82) is 0 Å². The molecular formula is C29H23FN4O5S. The summed E-state index contributed by atoms with van der Waals surface area (Å²) in [6.45, 7) is -0.0439. The summed E-state index contributed by atoms with van der Waals surface area (Å²) < 4.78 is 43.9. The predicted molar refractivity (Wildman–Crippen MR) is 143 cm³/mol. The van der Waals surface area contributed by atoms with Gasteiger partial charge in [0, 0.05) is 19.3 Å². The third-order valence-electron chi connectivity index (χ3n) is 7.50. The molecule has 1 aliphatic heterocycles. The quantitative estimate of drug-likeness (QED) is 0.355. The average molecular weight is 559 g/mol. The first-order chi connectivity index (χ1) is 19.2. The first-order valence-corrected chi connectivity index (χ1v) is 14.0. The largest absolute Gasteiger partial charge is 0.478 e. The number of aromatic nitrogens is 3. The normalized spacial score (nSPS) is 18.9. The standard InChI is InChI=1S/C29H23FN4O5S/c30-22-7-9-23(10-8-22)34-26-15-21-11-13-33(40(38,39)24-5-3-4-19(14-24)28(36)37)18-29(21,16-20(26)17-32-34)27(35)25-6-1-2-12-31-25/h1-10,12,14-15,17H,11,13,16,18H2,(H,36,37). The Morgan fingerprint density at radius 1 is 1.02 bits per heavy atom. The number of ketones is 1. The Labute approximate surface area is 229 Å². The first kappa shape index (κ1) is 25.8. The molecule has 1 aliphatic carbocycles. The molecule has 1 atom stereocenters. The molecule has 1 saturated heterocycles. The van der Waals surface area contributed by atoms with Crippen LogP contribution in [-0.4, -0.2) is 57.4 Å². The average Bonchev–Trinajstić information content (AvgIpc) is 3.38. The highest BCUT2D eigenvalue weighted by molar-refractivity contribution is 7.89. The van der Waals surface area contributed by atoms with Crippen molar-refractivity contribution in [3.8, 4) is 5.69 Å². The van der Waals surface area contributed by atoms with Crippen LogP contribution in [-0.2, 0) is 16.4 Å². The summed E-state index contributed by atoms with van der Waals surface area (Å²) >= 11 is 0. The van der Waals surface area contributed by atoms with Gasteiger partial charge in [-0.15, -0.1) is 0 Å². The number of carboxylic acids is 1. The Balaban J connectivity index is 1.44. The van der Waals surface area contributed by atoms with Gasteiger partial charge in [-0.1, -0.05) is 17.7 Å². The molecule has 0 radical (unpaired) electrons. The number of nitrogens with zero attached hydrogens (tertiary/aromatic N) is 4. The van der Waals surface area contributed by atoms with Gasteiger partial charge < -0.3 is 5.11 Å². The van der Waals surface area contributed by atoms with Gasteiger partial charge in [0.2, 0.25) is 10.0 Å². The molecule has 1 N–H and O–H groups in total. The SMILES string of the molecule is O=C(O)c1cccc(S(=O)(=O)N2CCC3=Cc4c(cnn4-c4ccc(F)cc4)CC3(C(=O)c3ccccn3)C2)c1. The maximum absolute atomic E-state index is 14.2. The molecule has 0 bridgehead atoms. The zero-order valence-corrected chi connectivity index (χ0v) is 21.9. The second-order valence-electron chi connectivity index (χ2n) is 9.84. The zero-order chi connectivity index (χ0) is 28.1. The van der Waals surface area contributed by atoms with Crippen molar-refractivity contribution < 1.29 is 27.5 Å². The minimum atomic E-state index is -4.13. The lowest BCUT2D eigenvalue weighted by Crippen LogP contribution is -2.53. The molecule has 4 aromatic rings. The molecule has 1 unspecified atom stereocenters. The lowest BCUT2D eigenvalue weighted by molar-refractivity contribution is 0.0696. The van der Waals surface area contributed by atoms with Crippen LogP contribution in [0, 0.1) is 11.2 Å². The number of hydrogen-bond donors (Lipinski definition) is 1. The van der Waals surface area contributed by atoms with Crippen LogP contribution in [0.4, 0.5) is 4.39 Å². The number of Topliss-reactive ketones (excluding diaryl/α,β-unsaturated/α-hetero) is 1. The van der Waals surface area contributed by atoms with E-state index in [4.69, 9.17) is 0 Å². The van der Waals surface area contributed by atoms with Gasteiger partial charge in [0.1, 0.15) is 11.5 Å². The molecule has 0 amide bonds. The third-order valence-corrected chi connectivity index (χ3v) is 9.34. The van der Waals surface area contributed by atoms with Gasteiger partial charge in [0.05, 0.1) is 33.5 Å². The Morgan fingerprint density at radius 3 is 2.55 bits per heavy atom. The third kappa shape index (κ3) is 4.23. The van der Waals surface area contributed by atoms with Crippen LogP contribution < -0.4 is 0 Å². The fourth-order valence-corrected chi connectivity index (χ4v) is 7.04. The highest BCUT2D eigenvalue weighted by atomic mass is 32.2. The highest BCUT2D eigenvalue weighted by Gasteiger charge is 2.51. The van der Waals surface area contributed by atoms with Crippen molar-refractivity contribution in [2.24, 2.45) is 5.41 Å². The Bertz CT molecular complexity index is 1780. The van der Waals surface area contributed by atoms with Gasteiger partial charge in [-0.3, -0.25) is 9.78 Å². The molecule has 40 heavy (non-hydrogen) atoms. The second-order valence-corrected chi connectivity index (χ2v) is 11.8. The van der Waals surface area contributed by atoms with Crippen LogP contribution in [0.2, 0.25) is 0 Å². The number of hydrogen-bond acceptors (Lipinski definition) is 6. The van der Waals surface area contributed by atoms with Crippen molar-refractivity contribution in [3.05, 3.63) is 113 Å². The highest BCUT2D eigenvalue weighted by Crippen LogP contribution is 2.47. The maximum Gasteiger partial charge on any atom is 0.335 e. The molecule has 2 aromatic carbocycles. The fraction of sp³-hybridized carbons (Fsp3) is 0.172. The number of rotatable bonds is 6. The summed E-state index contributed by atoms with van der Waals surface area (Å²) in [5.41, 5.74) is 1.73. The number of piperidine rings is 1. The van der Waals surface area contributed by atoms with Gasteiger partial charge in [-0.2, -0.15) is 9.40 Å². The van der Waals surface area contributed by atoms with Gasteiger partial charge in [0.15, 0.2) is 5.78 Å². The summed E-state index contributed by atoms with van der Waals surface area (Å²) in [6.07, 6.45) is 5.49. The minimum absolute atomic E-state index is 0.0999. The minimum Gasteiger partial charge on any atom is -0.478 e. The molecular weight excluding hydrogens is 535 g/mol. The van der Waals surface area contributed by atoms with Crippen LogP contribution in [0.5, 0.6) is 0 Å². The summed E-state index contributed by atoms with van der Waals surface area (Å²) in [5.74, 6) is -1.91. The van der Waals surface area contributed by atoms with Crippen molar-refractivity contribution in [2.45, 2.75) is 17.7 Å². The number of sulfonamides is 1. The van der Waals surface area contributed by atoms with Crippen molar-refractivity contribution in [3.63, 3.8) is 0 Å². The van der Waals surface area contributed by atoms with Gasteiger partial charge >= 0.3 is 5.97 Å². The van der Waals surface area contributed by atoms with E-state index in [0.29, 0.717) is 5.69 Å². The molecule has 0 saturated carbocycles. The van der Waals surface area contributed by atoms with Crippen LogP contribution in [0.3, 0.4) is 0 Å². The summed E-state index contributed by atoms with van der Waals surface area (Å²) in [4.78, 5) is 29.8. The number of pyridine rings is 1. The molecule has 202 valence electrons. The number of carbonyl (C=O) groups excluding carboxylic acids is 1. The van der Waals surface area contributed by atoms with E-state index in [0.717, 1.165) is 22.9 Å². The summed E-state index contributed by atoms with van der Waals surface area (Å²) in [7, 11) is -4.13. The smallest absolute Gasteiger partial charge is 0.335 e. The van der Waals surface area contributed by atoms with Crippen molar-refractivity contribution >= 4 is 27.9 Å². The van der Waals surface area contributed by atoms with E-state index in [2.05, 4.69) is 10.1 Å². The van der Waals surface area contributed by atoms with Crippen LogP contribution in [0.25, 0.3) is 11.8 Å². The zero-order valence-electron chi connectivity index (χ0n) is 21.1. The number of carbonyl (C=O) groups is 2. The molecule has 3 heterocycles. The molecule has 6 rings (SSSR count). The topological polar surface area (TPSA) is 122 Å². The predicted octanol–water partition coefficient (Wildman–Crippen LogP) is 4.01. The van der Waals surface area contributed by atoms with Crippen molar-refractivity contribution in [2.75, 3.05) is 13.1 Å². The molecule has 2 aromatic heterocycles. The van der Waals surface area contributed by atoms with Crippen LogP contribution in [0.1, 0.15) is 38.5 Å². The van der Waals surface area contributed by atoms with E-state index in [1.54, 1.807) is 41.2 Å². The molecule has 9 nitrogen and oxygen atoms in total. The lowest BCUT2D eigenvalue weighted by Gasteiger charge is -2.44. The Hall–Kier alpha value is -4.48. The monoisotopic (exact) mass is 558 g/mol. The number of carboxylic acid groups (broad SMARTS) is 1.